The first-order chi connectivity index (χ1) is 20.7. The quantitative estimate of drug-likeness (QED) is 0.0904. The maximum atomic E-state index is 12.8. The van der Waals surface area contributed by atoms with Gasteiger partial charge in [-0.1, -0.05) is 63.9 Å². The predicted molar refractivity (Wildman–Crippen MR) is 176 cm³/mol. The summed E-state index contributed by atoms with van der Waals surface area (Å²) in [6.07, 6.45) is 1.47. The van der Waals surface area contributed by atoms with Gasteiger partial charge < -0.3 is 24.8 Å². The van der Waals surface area contributed by atoms with Gasteiger partial charge in [-0.25, -0.2) is 10.2 Å². The van der Waals surface area contributed by atoms with Crippen molar-refractivity contribution in [2.24, 2.45) is 5.10 Å². The molecule has 1 atom stereocenters. The second-order valence-corrected chi connectivity index (χ2v) is 11.7. The van der Waals surface area contributed by atoms with Crippen molar-refractivity contribution in [3.63, 3.8) is 0 Å². The van der Waals surface area contributed by atoms with E-state index in [2.05, 4.69) is 53.0 Å². The molecule has 3 aromatic carbocycles. The van der Waals surface area contributed by atoms with Crippen LogP contribution < -0.4 is 25.5 Å². The Morgan fingerprint density at radius 1 is 1.12 bits per heavy atom. The fraction of sp³-hybridized carbons (Fsp3) is 0.200. The number of amides is 1. The molecule has 0 spiro atoms. The fourth-order valence-electron chi connectivity index (χ4n) is 4.20. The molecule has 0 aliphatic carbocycles. The van der Waals surface area contributed by atoms with E-state index in [0.29, 0.717) is 48.5 Å². The van der Waals surface area contributed by atoms with Gasteiger partial charge in [-0.2, -0.15) is 5.10 Å². The van der Waals surface area contributed by atoms with Crippen LogP contribution in [0.25, 0.3) is 0 Å². The molecule has 0 radical (unpaired) electrons. The topological polar surface area (TPSA) is 110 Å². The van der Waals surface area contributed by atoms with E-state index in [1.165, 1.54) is 6.21 Å². The molecule has 0 saturated heterocycles. The molecule has 13 heteroatoms. The highest BCUT2D eigenvalue weighted by Gasteiger charge is 2.32. The second kappa shape index (κ2) is 15.3. The summed E-state index contributed by atoms with van der Waals surface area (Å²) in [5.74, 6) is -0.0578. The number of esters is 1. The lowest BCUT2D eigenvalue weighted by Gasteiger charge is -2.30. The van der Waals surface area contributed by atoms with Crippen LogP contribution in [0.4, 0.5) is 0 Å². The van der Waals surface area contributed by atoms with E-state index in [0.717, 1.165) is 10.0 Å². The number of carbonyl (C=O) groups is 2. The number of thiocarbonyl (C=S) groups is 1. The number of allylic oxidation sites excluding steroid dienone is 1. The lowest BCUT2D eigenvalue weighted by Crippen LogP contribution is -2.45. The second-order valence-electron chi connectivity index (χ2n) is 9.10. The summed E-state index contributed by atoms with van der Waals surface area (Å²) < 4.78 is 18.6. The summed E-state index contributed by atoms with van der Waals surface area (Å²) in [6, 6.07) is 17.5. The van der Waals surface area contributed by atoms with E-state index >= 15 is 0 Å². The van der Waals surface area contributed by atoms with Crippen molar-refractivity contribution < 1.29 is 23.8 Å². The molecule has 1 amide bonds. The van der Waals surface area contributed by atoms with Crippen LogP contribution in [0.1, 0.15) is 36.6 Å². The van der Waals surface area contributed by atoms with Gasteiger partial charge in [-0.15, -0.1) is 0 Å². The zero-order valence-corrected chi connectivity index (χ0v) is 27.8. The monoisotopic (exact) mass is 748 g/mol. The van der Waals surface area contributed by atoms with Crippen molar-refractivity contribution in [2.45, 2.75) is 26.5 Å². The molecule has 1 aliphatic rings. The van der Waals surface area contributed by atoms with E-state index in [1.807, 2.05) is 30.3 Å². The van der Waals surface area contributed by atoms with E-state index < -0.39 is 17.9 Å². The van der Waals surface area contributed by atoms with Crippen LogP contribution in [-0.4, -0.2) is 36.4 Å². The summed E-state index contributed by atoms with van der Waals surface area (Å²) in [4.78, 5) is 25.4. The molecule has 3 aromatic rings. The van der Waals surface area contributed by atoms with Gasteiger partial charge in [0.25, 0.3) is 5.91 Å². The third-order valence-electron chi connectivity index (χ3n) is 6.11. The number of hydrazone groups is 1. The highest BCUT2D eigenvalue weighted by molar-refractivity contribution is 9.11. The number of carbonyl (C=O) groups excluding carboxylic acids is 2. The van der Waals surface area contributed by atoms with Crippen LogP contribution >= 0.6 is 55.7 Å². The zero-order valence-electron chi connectivity index (χ0n) is 23.1. The average Bonchev–Trinajstić information content (AvgIpc) is 2.96. The van der Waals surface area contributed by atoms with Gasteiger partial charge in [0.2, 0.25) is 0 Å². The molecule has 0 unspecified atom stereocenters. The Morgan fingerprint density at radius 3 is 2.63 bits per heavy atom. The normalized spacial score (nSPS) is 14.6. The third-order valence-corrected chi connectivity index (χ3v) is 7.75. The summed E-state index contributed by atoms with van der Waals surface area (Å²) in [7, 11) is 0. The SMILES string of the molecule is CCOC(=O)C1=C(C)NC(=S)N[C@H]1c1ccccc1OCC(=O)NN=Cc1cc(Br)cc(Br)c1OCc1ccccc1Cl. The summed E-state index contributed by atoms with van der Waals surface area (Å²) in [5, 5.41) is 11.1. The smallest absolute Gasteiger partial charge is 0.338 e. The van der Waals surface area contributed by atoms with Crippen LogP contribution in [0.2, 0.25) is 5.02 Å². The molecule has 9 nitrogen and oxygen atoms in total. The molecule has 224 valence electrons. The van der Waals surface area contributed by atoms with E-state index in [1.54, 1.807) is 44.2 Å². The first-order valence-corrected chi connectivity index (χ1v) is 15.4. The number of rotatable bonds is 11. The van der Waals surface area contributed by atoms with Crippen LogP contribution in [0.3, 0.4) is 0 Å². The largest absolute Gasteiger partial charge is 0.487 e. The van der Waals surface area contributed by atoms with Crippen molar-refractivity contribution in [1.82, 2.24) is 16.1 Å². The van der Waals surface area contributed by atoms with Crippen molar-refractivity contribution in [1.29, 1.82) is 0 Å². The van der Waals surface area contributed by atoms with Crippen LogP contribution in [-0.2, 0) is 20.9 Å². The van der Waals surface area contributed by atoms with Crippen LogP contribution in [0.15, 0.2) is 86.0 Å². The molecule has 0 saturated carbocycles. The first-order valence-electron chi connectivity index (χ1n) is 13.0. The fourth-order valence-corrected chi connectivity index (χ4v) is 6.03. The number of hydrogen-bond acceptors (Lipinski definition) is 7. The van der Waals surface area contributed by atoms with Crippen LogP contribution in [0.5, 0.6) is 11.5 Å². The number of nitrogens with zero attached hydrogens (tertiary/aromatic N) is 1. The molecule has 1 aliphatic heterocycles. The number of nitrogens with one attached hydrogen (secondary N) is 3. The van der Waals surface area contributed by atoms with Crippen molar-refractivity contribution in [3.8, 4) is 11.5 Å². The van der Waals surface area contributed by atoms with Crippen molar-refractivity contribution in [2.75, 3.05) is 13.2 Å². The standard InChI is InChI=1S/C30H27Br2ClN4O5S/c1-3-40-29(39)26-17(2)35-30(43)36-27(26)21-9-5-7-11-24(21)41-16-25(38)37-34-14-19-12-20(31)13-22(32)28(19)42-15-18-8-4-6-10-23(18)33/h4-14,27H,3,15-16H2,1-2H3,(H,37,38)(H2,35,36,43)/t27-/m0/s1. The Hall–Kier alpha value is -3.45. The van der Waals surface area contributed by atoms with Crippen molar-refractivity contribution >= 4 is 78.9 Å². The van der Waals surface area contributed by atoms with E-state index in [4.69, 9.17) is 38.0 Å². The maximum absolute atomic E-state index is 12.8. The third kappa shape index (κ3) is 8.56. The lowest BCUT2D eigenvalue weighted by atomic mass is 9.95. The maximum Gasteiger partial charge on any atom is 0.338 e. The highest BCUT2D eigenvalue weighted by Crippen LogP contribution is 2.34. The zero-order chi connectivity index (χ0) is 30.9. The number of benzene rings is 3. The summed E-state index contributed by atoms with van der Waals surface area (Å²) in [5.41, 5.74) is 5.47. The average molecular weight is 751 g/mol. The minimum atomic E-state index is -0.635. The number of halogens is 3. The number of para-hydroxylation sites is 1. The highest BCUT2D eigenvalue weighted by atomic mass is 79.9. The minimum absolute atomic E-state index is 0.220. The first kappa shape index (κ1) is 32.5. The Labute approximate surface area is 276 Å². The van der Waals surface area contributed by atoms with Gasteiger partial charge in [0, 0.05) is 31.9 Å². The molecule has 43 heavy (non-hydrogen) atoms. The number of hydrogen-bond donors (Lipinski definition) is 3. The minimum Gasteiger partial charge on any atom is -0.487 e. The molecule has 0 aromatic heterocycles. The Bertz CT molecular complexity index is 1600. The molecular weight excluding hydrogens is 724 g/mol. The van der Waals surface area contributed by atoms with E-state index in [-0.39, 0.29) is 19.8 Å². The lowest BCUT2D eigenvalue weighted by molar-refractivity contribution is -0.139. The van der Waals surface area contributed by atoms with Crippen molar-refractivity contribution in [3.05, 3.63) is 103 Å². The molecular formula is C30H27Br2ClN4O5S. The van der Waals surface area contributed by atoms with Gasteiger partial charge in [0.1, 0.15) is 18.1 Å². The molecule has 1 heterocycles. The number of ether oxygens (including phenoxy) is 3. The Morgan fingerprint density at radius 2 is 1.86 bits per heavy atom. The predicted octanol–water partition coefficient (Wildman–Crippen LogP) is 6.33. The van der Waals surface area contributed by atoms with Crippen LogP contribution in [0, 0.1) is 0 Å². The van der Waals surface area contributed by atoms with E-state index in [9.17, 15) is 9.59 Å². The molecule has 4 rings (SSSR count). The Kier molecular flexibility index (Phi) is 11.6. The Balaban J connectivity index is 1.44. The summed E-state index contributed by atoms with van der Waals surface area (Å²) in [6.45, 7) is 3.61. The van der Waals surface area contributed by atoms with Gasteiger partial charge in [-0.3, -0.25) is 4.79 Å². The van der Waals surface area contributed by atoms with Gasteiger partial charge in [-0.05, 0) is 66.3 Å². The van der Waals surface area contributed by atoms with Gasteiger partial charge >= 0.3 is 5.97 Å². The van der Waals surface area contributed by atoms with Gasteiger partial charge in [0.05, 0.1) is 28.9 Å². The molecule has 3 N–H and O–H groups in total. The van der Waals surface area contributed by atoms with Gasteiger partial charge in [0.15, 0.2) is 11.7 Å². The molecule has 0 fully saturated rings. The summed E-state index contributed by atoms with van der Waals surface area (Å²) >= 11 is 18.6. The molecule has 0 bridgehead atoms.